The number of rotatable bonds is 5. The van der Waals surface area contributed by atoms with Crippen LogP contribution in [0.5, 0.6) is 0 Å². The monoisotopic (exact) mass is 447 g/mol. The van der Waals surface area contributed by atoms with Gasteiger partial charge in [0.15, 0.2) is 11.0 Å². The first-order valence-electron chi connectivity index (χ1n) is 10.6. The number of aromatic nitrogens is 4. The van der Waals surface area contributed by atoms with Gasteiger partial charge < -0.3 is 4.57 Å². The van der Waals surface area contributed by atoms with E-state index < -0.39 is 4.92 Å². The average Bonchev–Trinajstić information content (AvgIpc) is 2.98. The Hall–Kier alpha value is -3.46. The summed E-state index contributed by atoms with van der Waals surface area (Å²) in [5, 5.41) is 16.3. The molecule has 8 nitrogen and oxygen atoms in total. The smallest absolute Gasteiger partial charge is 0.284 e. The maximum Gasteiger partial charge on any atom is 0.284 e. The van der Waals surface area contributed by atoms with Crippen molar-refractivity contribution in [1.82, 2.24) is 19.3 Å². The SMILES string of the molecule is O=c1c2c3n(c(SCc4ccc([N+](=O)[O-])cc4)nc-2nn1-c1ccccc1)CCCCC3. The van der Waals surface area contributed by atoms with Gasteiger partial charge in [-0.05, 0) is 37.0 Å². The second-order valence-corrected chi connectivity index (χ2v) is 8.71. The number of non-ortho nitro benzene ring substituents is 1. The average molecular weight is 448 g/mol. The summed E-state index contributed by atoms with van der Waals surface area (Å²) in [4.78, 5) is 28.6. The highest BCUT2D eigenvalue weighted by molar-refractivity contribution is 7.98. The van der Waals surface area contributed by atoms with Gasteiger partial charge in [-0.1, -0.05) is 48.5 Å². The van der Waals surface area contributed by atoms with Gasteiger partial charge >= 0.3 is 0 Å². The Bertz CT molecular complexity index is 1300. The molecule has 5 rings (SSSR count). The zero-order chi connectivity index (χ0) is 22.1. The Morgan fingerprint density at radius 1 is 1.03 bits per heavy atom. The molecule has 0 saturated heterocycles. The molecule has 0 bridgehead atoms. The lowest BCUT2D eigenvalue weighted by Gasteiger charge is -2.17. The van der Waals surface area contributed by atoms with Crippen LogP contribution < -0.4 is 5.56 Å². The summed E-state index contributed by atoms with van der Waals surface area (Å²) in [6.07, 6.45) is 4.00. The van der Waals surface area contributed by atoms with Gasteiger partial charge in [0.25, 0.3) is 11.2 Å². The van der Waals surface area contributed by atoms with Crippen LogP contribution in [-0.2, 0) is 18.7 Å². The second-order valence-electron chi connectivity index (χ2n) is 7.77. The van der Waals surface area contributed by atoms with Gasteiger partial charge in [0.1, 0.15) is 5.56 Å². The van der Waals surface area contributed by atoms with E-state index in [1.165, 1.54) is 16.8 Å². The first-order chi connectivity index (χ1) is 15.6. The molecule has 0 aliphatic carbocycles. The molecule has 0 spiro atoms. The molecule has 2 aromatic rings. The van der Waals surface area contributed by atoms with Crippen LogP contribution in [0.2, 0.25) is 0 Å². The van der Waals surface area contributed by atoms with Crippen LogP contribution in [0.1, 0.15) is 30.5 Å². The molecule has 0 radical (unpaired) electrons. The van der Waals surface area contributed by atoms with E-state index in [2.05, 4.69) is 9.67 Å². The summed E-state index contributed by atoms with van der Waals surface area (Å²) in [5.74, 6) is 1.10. The van der Waals surface area contributed by atoms with E-state index in [1.807, 2.05) is 30.3 Å². The number of nitrogens with zero attached hydrogens (tertiary/aromatic N) is 5. The van der Waals surface area contributed by atoms with E-state index in [9.17, 15) is 14.9 Å². The molecule has 0 unspecified atom stereocenters. The molecule has 0 atom stereocenters. The fraction of sp³-hybridized carbons (Fsp3) is 0.261. The molecule has 0 amide bonds. The minimum absolute atomic E-state index is 0.0796. The molecule has 2 aromatic carbocycles. The highest BCUT2D eigenvalue weighted by Crippen LogP contribution is 2.32. The van der Waals surface area contributed by atoms with Crippen molar-refractivity contribution >= 4 is 17.4 Å². The van der Waals surface area contributed by atoms with Crippen LogP contribution in [0, 0.1) is 10.1 Å². The lowest BCUT2D eigenvalue weighted by Crippen LogP contribution is -2.19. The van der Waals surface area contributed by atoms with Crippen molar-refractivity contribution in [3.05, 3.63) is 86.3 Å². The van der Waals surface area contributed by atoms with Crippen molar-refractivity contribution in [2.75, 3.05) is 0 Å². The van der Waals surface area contributed by atoms with Crippen LogP contribution in [0.25, 0.3) is 17.1 Å². The zero-order valence-corrected chi connectivity index (χ0v) is 18.1. The first kappa shape index (κ1) is 20.4. The van der Waals surface area contributed by atoms with Gasteiger partial charge in [0.05, 0.1) is 10.6 Å². The van der Waals surface area contributed by atoms with Crippen molar-refractivity contribution < 1.29 is 4.92 Å². The zero-order valence-electron chi connectivity index (χ0n) is 17.3. The summed E-state index contributed by atoms with van der Waals surface area (Å²) >= 11 is 1.57. The number of thioether (sulfide) groups is 1. The maximum atomic E-state index is 13.3. The van der Waals surface area contributed by atoms with Crippen molar-refractivity contribution in [3.8, 4) is 17.1 Å². The van der Waals surface area contributed by atoms with Gasteiger partial charge in [-0.2, -0.15) is 4.68 Å². The second kappa shape index (κ2) is 8.58. The van der Waals surface area contributed by atoms with Crippen molar-refractivity contribution in [3.63, 3.8) is 0 Å². The minimum Gasteiger partial charge on any atom is -0.324 e. The maximum absolute atomic E-state index is 13.3. The van der Waals surface area contributed by atoms with Crippen LogP contribution in [0.4, 0.5) is 5.69 Å². The molecular weight excluding hydrogens is 426 g/mol. The Labute approximate surface area is 188 Å². The molecule has 3 aliphatic heterocycles. The minimum atomic E-state index is -0.397. The van der Waals surface area contributed by atoms with E-state index >= 15 is 0 Å². The van der Waals surface area contributed by atoms with E-state index in [0.717, 1.165) is 54.3 Å². The van der Waals surface area contributed by atoms with E-state index in [0.29, 0.717) is 17.1 Å². The van der Waals surface area contributed by atoms with E-state index in [-0.39, 0.29) is 11.2 Å². The number of fused-ring (bicyclic) bond motifs is 3. The number of nitro groups is 1. The van der Waals surface area contributed by atoms with Crippen LogP contribution >= 0.6 is 11.8 Å². The number of hydrogen-bond acceptors (Lipinski definition) is 6. The lowest BCUT2D eigenvalue weighted by atomic mass is 10.1. The van der Waals surface area contributed by atoms with E-state index in [4.69, 9.17) is 4.98 Å². The molecule has 0 fully saturated rings. The highest BCUT2D eigenvalue weighted by Gasteiger charge is 2.27. The van der Waals surface area contributed by atoms with Gasteiger partial charge in [0.2, 0.25) is 0 Å². The molecule has 3 heterocycles. The predicted molar refractivity (Wildman–Crippen MR) is 122 cm³/mol. The number of nitro benzene ring substituents is 1. The topological polar surface area (TPSA) is 95.8 Å². The number of hydrogen-bond donors (Lipinski definition) is 0. The standard InChI is InChI=1S/C23H21N5O3S/c29-22-20-19-9-5-2-6-14-26(19)23(32-15-16-10-12-18(13-11-16)28(30)31)24-21(20)25-27(22)17-7-3-1-4-8-17/h1,3-4,7-8,10-13H,2,5-6,9,14-15H2. The van der Waals surface area contributed by atoms with Gasteiger partial charge in [-0.15, -0.1) is 5.10 Å². The highest BCUT2D eigenvalue weighted by atomic mass is 32.2. The van der Waals surface area contributed by atoms with Crippen LogP contribution in [0.15, 0.2) is 64.5 Å². The fourth-order valence-corrected chi connectivity index (χ4v) is 5.07. The molecule has 0 aromatic heterocycles. The van der Waals surface area contributed by atoms with Crippen molar-refractivity contribution in [1.29, 1.82) is 0 Å². The Balaban J connectivity index is 1.55. The summed E-state index contributed by atoms with van der Waals surface area (Å²) in [6, 6.07) is 16.0. The molecule has 0 N–H and O–H groups in total. The van der Waals surface area contributed by atoms with Crippen LogP contribution in [0.3, 0.4) is 0 Å². The summed E-state index contributed by atoms with van der Waals surface area (Å²) in [6.45, 7) is 0.816. The Morgan fingerprint density at radius 2 is 1.81 bits per heavy atom. The summed E-state index contributed by atoms with van der Waals surface area (Å²) in [5.41, 5.74) is 3.27. The van der Waals surface area contributed by atoms with Crippen molar-refractivity contribution in [2.24, 2.45) is 0 Å². The van der Waals surface area contributed by atoms with Gasteiger partial charge in [-0.25, -0.2) is 4.98 Å². The third kappa shape index (κ3) is 3.80. The Kier molecular flexibility index (Phi) is 5.48. The summed E-state index contributed by atoms with van der Waals surface area (Å²) < 4.78 is 3.61. The molecule has 3 aliphatic rings. The predicted octanol–water partition coefficient (Wildman–Crippen LogP) is 4.46. The number of para-hydroxylation sites is 1. The fourth-order valence-electron chi connectivity index (χ4n) is 4.07. The first-order valence-corrected chi connectivity index (χ1v) is 11.5. The van der Waals surface area contributed by atoms with Gasteiger partial charge in [-0.3, -0.25) is 14.9 Å². The van der Waals surface area contributed by atoms with Crippen LogP contribution in [-0.4, -0.2) is 24.3 Å². The number of benzene rings is 2. The normalized spacial score (nSPS) is 13.6. The van der Waals surface area contributed by atoms with Gasteiger partial charge in [0, 0.05) is 30.1 Å². The summed E-state index contributed by atoms with van der Waals surface area (Å²) in [7, 11) is 0. The molecule has 32 heavy (non-hydrogen) atoms. The third-order valence-electron chi connectivity index (χ3n) is 5.68. The largest absolute Gasteiger partial charge is 0.324 e. The quantitative estimate of drug-likeness (QED) is 0.194. The Morgan fingerprint density at radius 3 is 2.56 bits per heavy atom. The van der Waals surface area contributed by atoms with E-state index in [1.54, 1.807) is 23.9 Å². The molecule has 162 valence electrons. The van der Waals surface area contributed by atoms with Crippen molar-refractivity contribution in [2.45, 2.75) is 43.1 Å². The molecule has 0 saturated carbocycles. The lowest BCUT2D eigenvalue weighted by molar-refractivity contribution is -0.384. The third-order valence-corrected chi connectivity index (χ3v) is 6.73. The molecular formula is C23H21N5O3S. The molecule has 9 heteroatoms.